The molecule has 0 aliphatic rings. The molecule has 2 aromatic carbocycles. The number of ether oxygens (including phenoxy) is 1. The second kappa shape index (κ2) is 8.52. The maximum Gasteiger partial charge on any atom is 0.276 e. The Balaban J connectivity index is 1.82. The van der Waals surface area contributed by atoms with E-state index in [9.17, 15) is 9.59 Å². The summed E-state index contributed by atoms with van der Waals surface area (Å²) >= 11 is 0. The Labute approximate surface area is 154 Å². The van der Waals surface area contributed by atoms with Gasteiger partial charge in [0.15, 0.2) is 6.61 Å². The second-order valence-electron chi connectivity index (χ2n) is 6.87. The zero-order valence-electron chi connectivity index (χ0n) is 15.8. The molecule has 5 nitrogen and oxygen atoms in total. The van der Waals surface area contributed by atoms with Gasteiger partial charge in [-0.15, -0.1) is 0 Å². The Bertz CT molecular complexity index is 767. The van der Waals surface area contributed by atoms with Gasteiger partial charge in [-0.3, -0.25) is 20.4 Å². The molecule has 0 fully saturated rings. The molecule has 0 aromatic heterocycles. The molecule has 0 unspecified atom stereocenters. The number of rotatable bonds is 6. The smallest absolute Gasteiger partial charge is 0.276 e. The van der Waals surface area contributed by atoms with Crippen LogP contribution < -0.4 is 15.6 Å². The van der Waals surface area contributed by atoms with Crippen LogP contribution in [0.4, 0.5) is 0 Å². The van der Waals surface area contributed by atoms with Gasteiger partial charge in [0.1, 0.15) is 5.75 Å². The van der Waals surface area contributed by atoms with Crippen LogP contribution in [0.3, 0.4) is 0 Å². The van der Waals surface area contributed by atoms with Gasteiger partial charge in [0, 0.05) is 5.56 Å². The van der Waals surface area contributed by atoms with Crippen molar-refractivity contribution >= 4 is 11.8 Å². The average molecular weight is 354 g/mol. The van der Waals surface area contributed by atoms with E-state index >= 15 is 0 Å². The highest BCUT2D eigenvalue weighted by molar-refractivity contribution is 5.96. The quantitative estimate of drug-likeness (QED) is 0.780. The number of aryl methyl sites for hydroxylation is 1. The largest absolute Gasteiger partial charge is 0.484 e. The van der Waals surface area contributed by atoms with Crippen molar-refractivity contribution in [1.82, 2.24) is 10.9 Å². The van der Waals surface area contributed by atoms with E-state index < -0.39 is 5.91 Å². The average Bonchev–Trinajstić information content (AvgIpc) is 2.65. The molecule has 138 valence electrons. The molecule has 2 amide bonds. The van der Waals surface area contributed by atoms with E-state index in [4.69, 9.17) is 4.74 Å². The number of nitrogens with one attached hydrogen (secondary N) is 2. The van der Waals surface area contributed by atoms with Crippen LogP contribution >= 0.6 is 0 Å². The number of amides is 2. The third-order valence-electron chi connectivity index (χ3n) is 4.59. The minimum absolute atomic E-state index is 0.107. The molecule has 0 atom stereocenters. The zero-order chi connectivity index (χ0) is 19.2. The van der Waals surface area contributed by atoms with Crippen molar-refractivity contribution in [3.8, 4) is 5.75 Å². The molecule has 0 aliphatic heterocycles. The van der Waals surface area contributed by atoms with Crippen molar-refractivity contribution in [2.24, 2.45) is 0 Å². The van der Waals surface area contributed by atoms with Crippen molar-refractivity contribution in [2.75, 3.05) is 6.61 Å². The third-order valence-corrected chi connectivity index (χ3v) is 4.59. The van der Waals surface area contributed by atoms with E-state index in [1.54, 1.807) is 12.1 Å². The van der Waals surface area contributed by atoms with Crippen molar-refractivity contribution < 1.29 is 14.3 Å². The predicted molar refractivity (Wildman–Crippen MR) is 102 cm³/mol. The van der Waals surface area contributed by atoms with Crippen LogP contribution in [0.2, 0.25) is 0 Å². The number of hydrogen-bond donors (Lipinski definition) is 2. The standard InChI is InChI=1S/C21H26N2O3/c1-5-21(3,4)16-10-12-17(13-11-16)26-14-19(24)22-23-20(25)18-9-7-6-8-15(18)2/h6-13H,5,14H2,1-4H3,(H,22,24)(H,23,25). The van der Waals surface area contributed by atoms with Crippen LogP contribution in [0.15, 0.2) is 48.5 Å². The van der Waals surface area contributed by atoms with Gasteiger partial charge < -0.3 is 4.74 Å². The Morgan fingerprint density at radius 3 is 2.27 bits per heavy atom. The van der Waals surface area contributed by atoms with Crippen molar-refractivity contribution in [3.63, 3.8) is 0 Å². The van der Waals surface area contributed by atoms with Crippen molar-refractivity contribution in [3.05, 3.63) is 65.2 Å². The molecule has 0 aliphatic carbocycles. The summed E-state index contributed by atoms with van der Waals surface area (Å²) in [5, 5.41) is 0. The van der Waals surface area contributed by atoms with Gasteiger partial charge in [0.2, 0.25) is 0 Å². The van der Waals surface area contributed by atoms with Crippen LogP contribution in [0.25, 0.3) is 0 Å². The molecule has 26 heavy (non-hydrogen) atoms. The molecular weight excluding hydrogens is 328 g/mol. The normalized spacial score (nSPS) is 10.9. The summed E-state index contributed by atoms with van der Waals surface area (Å²) in [6.45, 7) is 8.19. The summed E-state index contributed by atoms with van der Waals surface area (Å²) < 4.78 is 5.47. The highest BCUT2D eigenvalue weighted by Crippen LogP contribution is 2.27. The van der Waals surface area contributed by atoms with Gasteiger partial charge in [0.25, 0.3) is 11.8 Å². The van der Waals surface area contributed by atoms with E-state index in [0.717, 1.165) is 12.0 Å². The van der Waals surface area contributed by atoms with Crippen LogP contribution in [0.1, 0.15) is 48.7 Å². The third kappa shape index (κ3) is 5.09. The van der Waals surface area contributed by atoms with Crippen molar-refractivity contribution in [2.45, 2.75) is 39.5 Å². The lowest BCUT2D eigenvalue weighted by molar-refractivity contribution is -0.123. The first-order chi connectivity index (χ1) is 12.3. The first-order valence-electron chi connectivity index (χ1n) is 8.71. The lowest BCUT2D eigenvalue weighted by Gasteiger charge is -2.23. The molecule has 2 aromatic rings. The fraction of sp³-hybridized carbons (Fsp3) is 0.333. The molecule has 0 spiro atoms. The van der Waals surface area contributed by atoms with Gasteiger partial charge in [-0.25, -0.2) is 0 Å². The van der Waals surface area contributed by atoms with Gasteiger partial charge >= 0.3 is 0 Å². The van der Waals surface area contributed by atoms with E-state index in [0.29, 0.717) is 11.3 Å². The van der Waals surface area contributed by atoms with E-state index in [1.807, 2.05) is 43.3 Å². The molecule has 0 radical (unpaired) electrons. The lowest BCUT2D eigenvalue weighted by atomic mass is 9.82. The number of carbonyl (C=O) groups is 2. The first kappa shape index (κ1) is 19.5. The van der Waals surface area contributed by atoms with Crippen LogP contribution in [0, 0.1) is 6.92 Å². The Morgan fingerprint density at radius 1 is 1.00 bits per heavy atom. The van der Waals surface area contributed by atoms with Crippen LogP contribution in [-0.4, -0.2) is 18.4 Å². The summed E-state index contributed by atoms with van der Waals surface area (Å²) in [5.74, 6) is -0.173. The topological polar surface area (TPSA) is 67.4 Å². The highest BCUT2D eigenvalue weighted by Gasteiger charge is 2.17. The molecule has 0 heterocycles. The SMILES string of the molecule is CCC(C)(C)c1ccc(OCC(=O)NNC(=O)c2ccccc2C)cc1. The van der Waals surface area contributed by atoms with Gasteiger partial charge in [0.05, 0.1) is 0 Å². The zero-order valence-corrected chi connectivity index (χ0v) is 15.8. The Hall–Kier alpha value is -2.82. The maximum atomic E-state index is 12.0. The summed E-state index contributed by atoms with van der Waals surface area (Å²) in [4.78, 5) is 23.9. The van der Waals surface area contributed by atoms with Crippen LogP contribution in [-0.2, 0) is 10.2 Å². The number of benzene rings is 2. The number of carbonyl (C=O) groups excluding carboxylic acids is 2. The summed E-state index contributed by atoms with van der Waals surface area (Å²) in [6, 6.07) is 14.9. The lowest BCUT2D eigenvalue weighted by Crippen LogP contribution is -2.44. The maximum absolute atomic E-state index is 12.0. The molecule has 0 bridgehead atoms. The minimum atomic E-state index is -0.426. The molecule has 5 heteroatoms. The highest BCUT2D eigenvalue weighted by atomic mass is 16.5. The number of hydrogen-bond acceptors (Lipinski definition) is 3. The first-order valence-corrected chi connectivity index (χ1v) is 8.71. The molecular formula is C21H26N2O3. The Kier molecular flexibility index (Phi) is 6.39. The van der Waals surface area contributed by atoms with Gasteiger partial charge in [-0.05, 0) is 48.1 Å². The van der Waals surface area contributed by atoms with Crippen molar-refractivity contribution in [1.29, 1.82) is 0 Å². The summed E-state index contributed by atoms with van der Waals surface area (Å²) in [7, 11) is 0. The summed E-state index contributed by atoms with van der Waals surface area (Å²) in [5.41, 5.74) is 7.44. The van der Waals surface area contributed by atoms with Gasteiger partial charge in [-0.2, -0.15) is 0 Å². The van der Waals surface area contributed by atoms with E-state index in [-0.39, 0.29) is 17.9 Å². The minimum Gasteiger partial charge on any atom is -0.484 e. The van der Waals surface area contributed by atoms with E-state index in [2.05, 4.69) is 31.6 Å². The molecule has 0 saturated carbocycles. The molecule has 2 N–H and O–H groups in total. The predicted octanol–water partition coefficient (Wildman–Crippen LogP) is 3.52. The second-order valence-corrected chi connectivity index (χ2v) is 6.87. The summed E-state index contributed by atoms with van der Waals surface area (Å²) in [6.07, 6.45) is 1.04. The Morgan fingerprint density at radius 2 is 1.65 bits per heavy atom. The van der Waals surface area contributed by atoms with Gasteiger partial charge in [-0.1, -0.05) is 51.1 Å². The number of hydrazine groups is 1. The van der Waals surface area contributed by atoms with E-state index in [1.165, 1.54) is 5.56 Å². The molecule has 2 rings (SSSR count). The van der Waals surface area contributed by atoms with Crippen LogP contribution in [0.5, 0.6) is 5.75 Å². The fourth-order valence-corrected chi connectivity index (χ4v) is 2.41. The molecule has 0 saturated heterocycles. The fourth-order valence-electron chi connectivity index (χ4n) is 2.41. The monoisotopic (exact) mass is 354 g/mol.